The molecule has 2 rings (SSSR count). The Bertz CT molecular complexity index is 839. The number of amides is 1. The summed E-state index contributed by atoms with van der Waals surface area (Å²) in [5.74, 6) is -2.21. The van der Waals surface area contributed by atoms with Gasteiger partial charge in [0, 0.05) is 6.20 Å². The number of aromatic nitrogens is 2. The molecule has 0 aliphatic heterocycles. The van der Waals surface area contributed by atoms with Gasteiger partial charge in [0.25, 0.3) is 11.5 Å². The van der Waals surface area contributed by atoms with E-state index in [9.17, 15) is 19.2 Å². The number of rotatable bonds is 3. The predicted molar refractivity (Wildman–Crippen MR) is 74.0 cm³/mol. The van der Waals surface area contributed by atoms with E-state index < -0.39 is 23.1 Å². The maximum Gasteiger partial charge on any atom is 0.339 e. The van der Waals surface area contributed by atoms with Crippen LogP contribution in [0.4, 0.5) is 5.69 Å². The van der Waals surface area contributed by atoms with Gasteiger partial charge in [0.15, 0.2) is 0 Å². The first-order valence-corrected chi connectivity index (χ1v) is 5.93. The highest BCUT2D eigenvalue weighted by atomic mass is 35.5. The Morgan fingerprint density at radius 1 is 1.24 bits per heavy atom. The van der Waals surface area contributed by atoms with E-state index in [1.165, 1.54) is 18.2 Å². The average molecular weight is 310 g/mol. The summed E-state index contributed by atoms with van der Waals surface area (Å²) in [4.78, 5) is 49.4. The summed E-state index contributed by atoms with van der Waals surface area (Å²) in [5, 5.41) is 11.3. The molecule has 1 heterocycles. The van der Waals surface area contributed by atoms with Crippen LogP contribution in [0.3, 0.4) is 0 Å². The molecule has 0 spiro atoms. The van der Waals surface area contributed by atoms with Gasteiger partial charge in [0.2, 0.25) is 0 Å². The molecular weight excluding hydrogens is 302 g/mol. The fraction of sp³-hybridized carbons (Fsp3) is 0. The number of carbonyl (C=O) groups is 2. The number of carboxylic acid groups (broad SMARTS) is 1. The summed E-state index contributed by atoms with van der Waals surface area (Å²) in [6.07, 6.45) is 0.932. The molecule has 9 heteroatoms. The molecule has 0 radical (unpaired) electrons. The van der Waals surface area contributed by atoms with Crippen LogP contribution in [0.5, 0.6) is 0 Å². The Balaban J connectivity index is 2.41. The average Bonchev–Trinajstić information content (AvgIpc) is 2.37. The van der Waals surface area contributed by atoms with E-state index in [1.54, 1.807) is 0 Å². The highest BCUT2D eigenvalue weighted by molar-refractivity contribution is 6.34. The van der Waals surface area contributed by atoms with Crippen molar-refractivity contribution in [2.24, 2.45) is 0 Å². The molecule has 2 aromatic rings. The van der Waals surface area contributed by atoms with Gasteiger partial charge >= 0.3 is 11.7 Å². The molecule has 1 aromatic heterocycles. The van der Waals surface area contributed by atoms with Crippen LogP contribution in [0.1, 0.15) is 20.7 Å². The van der Waals surface area contributed by atoms with Gasteiger partial charge in [0.05, 0.1) is 10.7 Å². The number of H-pyrrole nitrogens is 2. The van der Waals surface area contributed by atoms with Crippen LogP contribution >= 0.6 is 11.6 Å². The van der Waals surface area contributed by atoms with Crippen LogP contribution in [0.15, 0.2) is 34.0 Å². The van der Waals surface area contributed by atoms with Crippen molar-refractivity contribution >= 4 is 29.2 Å². The summed E-state index contributed by atoms with van der Waals surface area (Å²) in [7, 11) is 0. The van der Waals surface area contributed by atoms with Crippen LogP contribution in [-0.4, -0.2) is 27.0 Å². The molecule has 4 N–H and O–H groups in total. The zero-order valence-corrected chi connectivity index (χ0v) is 11.0. The van der Waals surface area contributed by atoms with Crippen molar-refractivity contribution in [1.29, 1.82) is 0 Å². The SMILES string of the molecule is O=C(O)c1c(Cl)cccc1NC(=O)c1c[nH]c(=O)[nH]c1=O. The molecule has 0 unspecified atom stereocenters. The minimum Gasteiger partial charge on any atom is -0.478 e. The molecular formula is C12H8ClN3O5. The Hall–Kier alpha value is -2.87. The number of nitrogens with one attached hydrogen (secondary N) is 3. The Morgan fingerprint density at radius 2 is 1.95 bits per heavy atom. The molecule has 0 saturated heterocycles. The zero-order valence-electron chi connectivity index (χ0n) is 10.3. The molecule has 1 amide bonds. The lowest BCUT2D eigenvalue weighted by Crippen LogP contribution is -2.30. The Labute approximate surface area is 121 Å². The summed E-state index contributed by atoms with van der Waals surface area (Å²) in [6.45, 7) is 0. The fourth-order valence-electron chi connectivity index (χ4n) is 1.61. The monoisotopic (exact) mass is 309 g/mol. The molecule has 8 nitrogen and oxygen atoms in total. The lowest BCUT2D eigenvalue weighted by molar-refractivity contribution is 0.0698. The lowest BCUT2D eigenvalue weighted by atomic mass is 10.1. The highest BCUT2D eigenvalue weighted by Gasteiger charge is 2.18. The Kier molecular flexibility index (Phi) is 3.90. The highest BCUT2D eigenvalue weighted by Crippen LogP contribution is 2.24. The number of aromatic carboxylic acids is 1. The molecule has 0 saturated carbocycles. The second-order valence-electron chi connectivity index (χ2n) is 3.91. The summed E-state index contributed by atoms with van der Waals surface area (Å²) in [5.41, 5.74) is -2.38. The number of benzene rings is 1. The predicted octanol–water partition coefficient (Wildman–Crippen LogP) is 0.667. The molecule has 21 heavy (non-hydrogen) atoms. The number of aromatic amines is 2. The van der Waals surface area contributed by atoms with Gasteiger partial charge in [-0.05, 0) is 12.1 Å². The molecule has 0 fully saturated rings. The maximum atomic E-state index is 11.9. The van der Waals surface area contributed by atoms with Crippen LogP contribution in [0.25, 0.3) is 0 Å². The van der Waals surface area contributed by atoms with Crippen molar-refractivity contribution in [2.45, 2.75) is 0 Å². The van der Waals surface area contributed by atoms with Gasteiger partial charge in [-0.1, -0.05) is 17.7 Å². The van der Waals surface area contributed by atoms with Crippen molar-refractivity contribution in [3.05, 3.63) is 61.4 Å². The number of halogens is 1. The molecule has 0 atom stereocenters. The summed E-state index contributed by atoms with van der Waals surface area (Å²) < 4.78 is 0. The zero-order chi connectivity index (χ0) is 15.6. The summed E-state index contributed by atoms with van der Waals surface area (Å²) in [6, 6.07) is 4.13. The second-order valence-corrected chi connectivity index (χ2v) is 4.31. The van der Waals surface area contributed by atoms with Crippen LogP contribution in [0.2, 0.25) is 5.02 Å². The number of hydrogen-bond acceptors (Lipinski definition) is 4. The van der Waals surface area contributed by atoms with Gasteiger partial charge in [0.1, 0.15) is 11.1 Å². The maximum absolute atomic E-state index is 11.9. The van der Waals surface area contributed by atoms with Gasteiger partial charge in [-0.15, -0.1) is 0 Å². The number of anilines is 1. The van der Waals surface area contributed by atoms with Crippen molar-refractivity contribution < 1.29 is 14.7 Å². The third kappa shape index (κ3) is 3.00. The van der Waals surface area contributed by atoms with Crippen LogP contribution < -0.4 is 16.6 Å². The van der Waals surface area contributed by atoms with Crippen LogP contribution in [-0.2, 0) is 0 Å². The second kappa shape index (κ2) is 5.63. The van der Waals surface area contributed by atoms with E-state index in [0.717, 1.165) is 6.20 Å². The first-order valence-electron chi connectivity index (χ1n) is 5.55. The van der Waals surface area contributed by atoms with Crippen molar-refractivity contribution in [1.82, 2.24) is 9.97 Å². The molecule has 0 bridgehead atoms. The van der Waals surface area contributed by atoms with Gasteiger partial charge < -0.3 is 15.4 Å². The van der Waals surface area contributed by atoms with Gasteiger partial charge in [-0.2, -0.15) is 0 Å². The molecule has 0 aliphatic rings. The minimum atomic E-state index is -1.33. The first-order chi connectivity index (χ1) is 9.90. The fourth-order valence-corrected chi connectivity index (χ4v) is 1.87. The van der Waals surface area contributed by atoms with E-state index in [4.69, 9.17) is 16.7 Å². The largest absolute Gasteiger partial charge is 0.478 e. The van der Waals surface area contributed by atoms with E-state index in [-0.39, 0.29) is 21.8 Å². The molecule has 1 aromatic carbocycles. The smallest absolute Gasteiger partial charge is 0.339 e. The van der Waals surface area contributed by atoms with E-state index >= 15 is 0 Å². The molecule has 0 aliphatic carbocycles. The summed E-state index contributed by atoms with van der Waals surface area (Å²) >= 11 is 5.76. The van der Waals surface area contributed by atoms with E-state index in [2.05, 4.69) is 10.3 Å². The van der Waals surface area contributed by atoms with Crippen LogP contribution in [0, 0.1) is 0 Å². The van der Waals surface area contributed by atoms with Crippen molar-refractivity contribution in [3.8, 4) is 0 Å². The third-order valence-electron chi connectivity index (χ3n) is 2.54. The van der Waals surface area contributed by atoms with Crippen molar-refractivity contribution in [2.75, 3.05) is 5.32 Å². The third-order valence-corrected chi connectivity index (χ3v) is 2.85. The number of carboxylic acids is 1. The van der Waals surface area contributed by atoms with Gasteiger partial charge in [-0.25, -0.2) is 9.59 Å². The van der Waals surface area contributed by atoms with Crippen molar-refractivity contribution in [3.63, 3.8) is 0 Å². The quantitative estimate of drug-likeness (QED) is 0.661. The van der Waals surface area contributed by atoms with Gasteiger partial charge in [-0.3, -0.25) is 14.6 Å². The Morgan fingerprint density at radius 3 is 2.57 bits per heavy atom. The number of hydrogen-bond donors (Lipinski definition) is 4. The topological polar surface area (TPSA) is 132 Å². The van der Waals surface area contributed by atoms with E-state index in [1.807, 2.05) is 4.98 Å². The minimum absolute atomic E-state index is 0.0596. The lowest BCUT2D eigenvalue weighted by Gasteiger charge is -2.09. The first kappa shape index (κ1) is 14.5. The molecule has 108 valence electrons. The number of carbonyl (C=O) groups excluding carboxylic acids is 1. The van der Waals surface area contributed by atoms with E-state index in [0.29, 0.717) is 0 Å². The standard InChI is InChI=1S/C12H8ClN3O5/c13-6-2-1-3-7(8(6)11(19)20)15-9(17)5-4-14-12(21)16-10(5)18/h1-4H,(H,15,17)(H,19,20)(H2,14,16,18,21). The normalized spacial score (nSPS) is 10.1.